The van der Waals surface area contributed by atoms with E-state index in [1.807, 2.05) is 30.3 Å². The van der Waals surface area contributed by atoms with Gasteiger partial charge in [0.15, 0.2) is 0 Å². The highest BCUT2D eigenvalue weighted by molar-refractivity contribution is 6.10. The molecule has 10 aromatic rings. The van der Waals surface area contributed by atoms with Crippen LogP contribution in [0.1, 0.15) is 5.56 Å². The second-order valence-corrected chi connectivity index (χ2v) is 14.0. The van der Waals surface area contributed by atoms with Gasteiger partial charge in [-0.25, -0.2) is 4.98 Å². The SMILES string of the molecule is N#Cc1cccc(-c2cc(-c3cc(-c4ccccc4)nc(-c4ccccc4)c3)cc(-n3c4ccccc4c4ccc(-c5ccc6ccccc6c5)cc43)c2)c1. The highest BCUT2D eigenvalue weighted by atomic mass is 15.0. The van der Waals surface area contributed by atoms with E-state index in [1.165, 1.54) is 27.1 Å². The Bertz CT molecular complexity index is 3040. The molecule has 8 aromatic carbocycles. The van der Waals surface area contributed by atoms with Crippen molar-refractivity contribution in [3.8, 4) is 67.7 Å². The maximum atomic E-state index is 9.88. The molecule has 0 fully saturated rings. The Hall–Kier alpha value is -7.54. The molecule has 0 aliphatic carbocycles. The molecule has 0 unspecified atom stereocenters. The molecule has 0 amide bonds. The van der Waals surface area contributed by atoms with E-state index in [0.717, 1.165) is 67.1 Å². The minimum absolute atomic E-state index is 0.628. The van der Waals surface area contributed by atoms with Crippen molar-refractivity contribution in [3.63, 3.8) is 0 Å². The summed E-state index contributed by atoms with van der Waals surface area (Å²) in [5, 5.41) is 14.7. The molecule has 0 aliphatic heterocycles. The molecule has 3 nitrogen and oxygen atoms in total. The van der Waals surface area contributed by atoms with E-state index in [9.17, 15) is 5.26 Å². The third-order valence-electron chi connectivity index (χ3n) is 10.6. The second kappa shape index (κ2) is 13.5. The van der Waals surface area contributed by atoms with Gasteiger partial charge in [0.05, 0.1) is 34.1 Å². The van der Waals surface area contributed by atoms with Crippen molar-refractivity contribution >= 4 is 32.6 Å². The van der Waals surface area contributed by atoms with Gasteiger partial charge in [0, 0.05) is 27.6 Å². The van der Waals surface area contributed by atoms with E-state index in [1.54, 1.807) is 0 Å². The normalized spacial score (nSPS) is 11.3. The number of hydrogen-bond acceptors (Lipinski definition) is 2. The Morgan fingerprint density at radius 3 is 1.67 bits per heavy atom. The summed E-state index contributed by atoms with van der Waals surface area (Å²) >= 11 is 0. The monoisotopic (exact) mass is 699 g/mol. The maximum absolute atomic E-state index is 9.88. The van der Waals surface area contributed by atoms with E-state index >= 15 is 0 Å². The van der Waals surface area contributed by atoms with Gasteiger partial charge in [-0.15, -0.1) is 0 Å². The number of nitriles is 1. The van der Waals surface area contributed by atoms with E-state index in [2.05, 4.69) is 180 Å². The molecule has 0 radical (unpaired) electrons. The van der Waals surface area contributed by atoms with E-state index < -0.39 is 0 Å². The van der Waals surface area contributed by atoms with Crippen LogP contribution in [0.4, 0.5) is 0 Å². The maximum Gasteiger partial charge on any atom is 0.0991 e. The van der Waals surface area contributed by atoms with Crippen LogP contribution in [0.3, 0.4) is 0 Å². The summed E-state index contributed by atoms with van der Waals surface area (Å²) < 4.78 is 2.40. The van der Waals surface area contributed by atoms with Crippen molar-refractivity contribution in [2.75, 3.05) is 0 Å². The summed E-state index contributed by atoms with van der Waals surface area (Å²) in [7, 11) is 0. The quantitative estimate of drug-likeness (QED) is 0.173. The standard InChI is InChI=1S/C52H33N3/c53-34-35-12-11-19-39(26-35)43-28-44(45-31-49(37-14-3-1-4-15-37)54-50(32-45)38-16-5-2-6-17-38)30-46(29-43)55-51-21-10-9-20-47(51)48-25-24-42(33-52(48)55)41-23-22-36-13-7-8-18-40(36)27-41/h1-33H. The smallest absolute Gasteiger partial charge is 0.0991 e. The average molecular weight is 700 g/mol. The van der Waals surface area contributed by atoms with Crippen LogP contribution in [0.15, 0.2) is 200 Å². The highest BCUT2D eigenvalue weighted by Gasteiger charge is 2.17. The van der Waals surface area contributed by atoms with E-state index in [4.69, 9.17) is 4.98 Å². The molecule has 256 valence electrons. The lowest BCUT2D eigenvalue weighted by Crippen LogP contribution is -1.97. The van der Waals surface area contributed by atoms with Gasteiger partial charge < -0.3 is 4.57 Å². The van der Waals surface area contributed by atoms with Gasteiger partial charge in [-0.2, -0.15) is 5.26 Å². The molecule has 0 saturated carbocycles. The van der Waals surface area contributed by atoms with Gasteiger partial charge in [-0.1, -0.05) is 140 Å². The van der Waals surface area contributed by atoms with E-state index in [-0.39, 0.29) is 0 Å². The number of pyridine rings is 1. The zero-order chi connectivity index (χ0) is 36.7. The highest BCUT2D eigenvalue weighted by Crippen LogP contribution is 2.39. The van der Waals surface area contributed by atoms with E-state index in [0.29, 0.717) is 5.56 Å². The van der Waals surface area contributed by atoms with Crippen LogP contribution < -0.4 is 0 Å². The minimum Gasteiger partial charge on any atom is -0.309 e. The Kier molecular flexibility index (Phi) is 7.86. The molecule has 55 heavy (non-hydrogen) atoms. The van der Waals surface area contributed by atoms with Gasteiger partial charge in [0.2, 0.25) is 0 Å². The fourth-order valence-corrected chi connectivity index (χ4v) is 7.85. The van der Waals surface area contributed by atoms with Crippen LogP contribution in [0.5, 0.6) is 0 Å². The third-order valence-corrected chi connectivity index (χ3v) is 10.6. The molecule has 2 heterocycles. The Labute approximate surface area is 319 Å². The zero-order valence-corrected chi connectivity index (χ0v) is 29.9. The molecule has 0 aliphatic rings. The van der Waals surface area contributed by atoms with Crippen LogP contribution in [0.2, 0.25) is 0 Å². The van der Waals surface area contributed by atoms with Crippen LogP contribution in [0, 0.1) is 11.3 Å². The van der Waals surface area contributed by atoms with Gasteiger partial charge in [0.1, 0.15) is 0 Å². The summed E-state index contributed by atoms with van der Waals surface area (Å²) in [4.78, 5) is 5.17. The number of para-hydroxylation sites is 1. The Morgan fingerprint density at radius 2 is 0.927 bits per heavy atom. The Balaban J connectivity index is 1.24. The van der Waals surface area contributed by atoms with Crippen LogP contribution >= 0.6 is 0 Å². The molecule has 3 heteroatoms. The molecule has 10 rings (SSSR count). The number of benzene rings is 8. The topological polar surface area (TPSA) is 41.6 Å². The van der Waals surface area contributed by atoms with Crippen LogP contribution in [-0.2, 0) is 0 Å². The van der Waals surface area contributed by atoms with Crippen molar-refractivity contribution in [1.29, 1.82) is 5.26 Å². The fourth-order valence-electron chi connectivity index (χ4n) is 7.85. The lowest BCUT2D eigenvalue weighted by molar-refractivity contribution is 1.18. The van der Waals surface area contributed by atoms with Crippen molar-refractivity contribution in [2.24, 2.45) is 0 Å². The minimum atomic E-state index is 0.628. The predicted molar refractivity (Wildman–Crippen MR) is 228 cm³/mol. The summed E-state index contributed by atoms with van der Waals surface area (Å²) in [6.45, 7) is 0. The first-order valence-corrected chi connectivity index (χ1v) is 18.5. The summed E-state index contributed by atoms with van der Waals surface area (Å²) in [5.74, 6) is 0. The first-order chi connectivity index (χ1) is 27.2. The summed E-state index contributed by atoms with van der Waals surface area (Å²) in [6, 6.07) is 72.9. The van der Waals surface area contributed by atoms with Gasteiger partial charge in [-0.05, 0) is 105 Å². The van der Waals surface area contributed by atoms with Crippen molar-refractivity contribution in [3.05, 3.63) is 206 Å². The second-order valence-electron chi connectivity index (χ2n) is 14.0. The molecule has 0 bridgehead atoms. The third kappa shape index (κ3) is 5.93. The van der Waals surface area contributed by atoms with Crippen molar-refractivity contribution < 1.29 is 0 Å². The zero-order valence-electron chi connectivity index (χ0n) is 29.9. The first-order valence-electron chi connectivity index (χ1n) is 18.5. The summed E-state index contributed by atoms with van der Waals surface area (Å²) in [6.07, 6.45) is 0. The van der Waals surface area contributed by atoms with Crippen molar-refractivity contribution in [1.82, 2.24) is 9.55 Å². The molecular weight excluding hydrogens is 667 g/mol. The van der Waals surface area contributed by atoms with Gasteiger partial charge in [-0.3, -0.25) is 0 Å². The molecule has 2 aromatic heterocycles. The number of rotatable bonds is 6. The largest absolute Gasteiger partial charge is 0.309 e. The molecule has 0 spiro atoms. The van der Waals surface area contributed by atoms with Gasteiger partial charge in [0.25, 0.3) is 0 Å². The van der Waals surface area contributed by atoms with Crippen molar-refractivity contribution in [2.45, 2.75) is 0 Å². The molecular formula is C52H33N3. The average Bonchev–Trinajstić information content (AvgIpc) is 3.60. The fraction of sp³-hybridized carbons (Fsp3) is 0. The number of hydrogen-bond donors (Lipinski definition) is 0. The predicted octanol–water partition coefficient (Wildman–Crippen LogP) is 13.5. The number of fused-ring (bicyclic) bond motifs is 4. The number of nitrogens with zero attached hydrogens (tertiary/aromatic N) is 3. The van der Waals surface area contributed by atoms with Gasteiger partial charge >= 0.3 is 0 Å². The van der Waals surface area contributed by atoms with Crippen LogP contribution in [0.25, 0.3) is 94.2 Å². The molecule has 0 atom stereocenters. The first kappa shape index (κ1) is 32.1. The molecule has 0 N–H and O–H groups in total. The lowest BCUT2D eigenvalue weighted by Gasteiger charge is -2.16. The number of aromatic nitrogens is 2. The Morgan fingerprint density at radius 1 is 0.364 bits per heavy atom. The summed E-state index contributed by atoms with van der Waals surface area (Å²) in [5.41, 5.74) is 14.3. The van der Waals surface area contributed by atoms with Crippen LogP contribution in [-0.4, -0.2) is 9.55 Å². The molecule has 0 saturated heterocycles. The lowest BCUT2D eigenvalue weighted by atomic mass is 9.95.